The number of nitrogens with zero attached hydrogens (tertiary/aromatic N) is 2. The molecule has 2 aromatic heterocycles. The van der Waals surface area contributed by atoms with Crippen LogP contribution in [-0.4, -0.2) is 14.8 Å². The fraction of sp³-hybridized carbons (Fsp3) is 0.0364. The normalized spacial score (nSPS) is 13.8. The van der Waals surface area contributed by atoms with Crippen molar-refractivity contribution in [2.45, 2.75) is 12.8 Å². The molecule has 0 aliphatic heterocycles. The second kappa shape index (κ2) is 16.4. The Bertz CT molecular complexity index is 3070. The summed E-state index contributed by atoms with van der Waals surface area (Å²) in [6.45, 7) is 3.73. The Morgan fingerprint density at radius 1 is 0.610 bits per heavy atom. The topological polar surface area (TPSA) is 59.7 Å². The lowest BCUT2D eigenvalue weighted by Gasteiger charge is -2.14. The maximum Gasteiger partial charge on any atom is 0.0543 e. The van der Waals surface area contributed by atoms with E-state index in [4.69, 9.17) is 11.1 Å². The van der Waals surface area contributed by atoms with Gasteiger partial charge in [-0.2, -0.15) is 0 Å². The highest BCUT2D eigenvalue weighted by molar-refractivity contribution is 6.11. The summed E-state index contributed by atoms with van der Waals surface area (Å²) in [5.74, 6) is 0. The lowest BCUT2D eigenvalue weighted by molar-refractivity contribution is 1.06. The second-order valence-corrected chi connectivity index (χ2v) is 14.7. The Balaban J connectivity index is 1.14. The van der Waals surface area contributed by atoms with E-state index in [0.717, 1.165) is 45.5 Å². The van der Waals surface area contributed by atoms with Crippen molar-refractivity contribution in [3.8, 4) is 22.5 Å². The summed E-state index contributed by atoms with van der Waals surface area (Å²) in [6, 6.07) is 52.2. The van der Waals surface area contributed by atoms with Gasteiger partial charge in [-0.05, 0) is 112 Å². The fourth-order valence-electron chi connectivity index (χ4n) is 8.36. The molecule has 0 saturated carbocycles. The van der Waals surface area contributed by atoms with E-state index < -0.39 is 0 Å². The number of nitrogens with one attached hydrogen (secondary N) is 1. The lowest BCUT2D eigenvalue weighted by atomic mass is 9.95. The summed E-state index contributed by atoms with van der Waals surface area (Å²) in [5, 5.41) is 12.5. The standard InChI is InChI=1S/C55H44N4/c1-2-3-4-5-10-21-44(57)38-49(40-18-8-6-9-19-40)43-20-15-24-46(35-43)59-52-26-14-13-25-47(52)51-36-41(29-32-54(51)59)42-28-30-48-50-34-39(17-16-33-56)27-31-53(50)58(55(48)37-42)45-22-11-7-12-23-45/h2-20,22-33,35-38,57H,1,21,34,56H2/b4-3-,10-5-,33-16-,39-17-,49-38-,57-44?. The largest absolute Gasteiger partial charge is 0.405 e. The number of benzene rings is 6. The molecule has 0 bridgehead atoms. The van der Waals surface area contributed by atoms with E-state index in [0.29, 0.717) is 12.1 Å². The molecule has 59 heavy (non-hydrogen) atoms. The monoisotopic (exact) mass is 760 g/mol. The van der Waals surface area contributed by atoms with E-state index in [2.05, 4.69) is 173 Å². The molecule has 0 fully saturated rings. The van der Waals surface area contributed by atoms with Crippen molar-refractivity contribution in [3.05, 3.63) is 241 Å². The van der Waals surface area contributed by atoms with Crippen molar-refractivity contribution in [2.75, 3.05) is 0 Å². The fourth-order valence-corrected chi connectivity index (χ4v) is 8.36. The third-order valence-corrected chi connectivity index (χ3v) is 11.0. The molecule has 284 valence electrons. The summed E-state index contributed by atoms with van der Waals surface area (Å²) >= 11 is 0. The zero-order valence-electron chi connectivity index (χ0n) is 32.8. The third-order valence-electron chi connectivity index (χ3n) is 11.0. The second-order valence-electron chi connectivity index (χ2n) is 14.7. The first-order valence-electron chi connectivity index (χ1n) is 20.0. The zero-order chi connectivity index (χ0) is 40.1. The quantitative estimate of drug-likeness (QED) is 0.100. The van der Waals surface area contributed by atoms with E-state index in [1.807, 2.05) is 42.5 Å². The number of fused-ring (bicyclic) bond motifs is 6. The molecule has 0 saturated heterocycles. The summed E-state index contributed by atoms with van der Waals surface area (Å²) in [4.78, 5) is 0. The van der Waals surface area contributed by atoms with Crippen molar-refractivity contribution < 1.29 is 0 Å². The van der Waals surface area contributed by atoms with Crippen LogP contribution in [0, 0.1) is 5.41 Å². The van der Waals surface area contributed by atoms with Crippen molar-refractivity contribution >= 4 is 50.1 Å². The van der Waals surface area contributed by atoms with Crippen LogP contribution in [-0.2, 0) is 6.42 Å². The Kier molecular flexibility index (Phi) is 10.3. The first-order chi connectivity index (χ1) is 29.1. The zero-order valence-corrected chi connectivity index (χ0v) is 32.8. The molecule has 0 atom stereocenters. The molecule has 1 aliphatic rings. The minimum absolute atomic E-state index is 0.530. The van der Waals surface area contributed by atoms with Crippen LogP contribution in [0.25, 0.3) is 66.9 Å². The van der Waals surface area contributed by atoms with Crippen LogP contribution in [0.3, 0.4) is 0 Å². The number of hydrogen-bond acceptors (Lipinski definition) is 2. The Morgan fingerprint density at radius 2 is 1.34 bits per heavy atom. The van der Waals surface area contributed by atoms with Crippen LogP contribution < -0.4 is 5.73 Å². The summed E-state index contributed by atoms with van der Waals surface area (Å²) < 4.78 is 4.77. The maximum atomic E-state index is 8.87. The number of para-hydroxylation sites is 2. The molecule has 0 spiro atoms. The highest BCUT2D eigenvalue weighted by Crippen LogP contribution is 2.40. The van der Waals surface area contributed by atoms with Gasteiger partial charge in [0.1, 0.15) is 0 Å². The van der Waals surface area contributed by atoms with Crippen LogP contribution >= 0.6 is 0 Å². The van der Waals surface area contributed by atoms with Crippen LogP contribution in [0.2, 0.25) is 0 Å². The van der Waals surface area contributed by atoms with E-state index >= 15 is 0 Å². The van der Waals surface area contributed by atoms with Gasteiger partial charge in [-0.1, -0.05) is 146 Å². The first-order valence-corrected chi connectivity index (χ1v) is 20.0. The van der Waals surface area contributed by atoms with Gasteiger partial charge < -0.3 is 20.3 Å². The number of allylic oxidation sites excluding steroid dienone is 10. The smallest absolute Gasteiger partial charge is 0.0543 e. The molecule has 2 heterocycles. The molecule has 4 nitrogen and oxygen atoms in total. The van der Waals surface area contributed by atoms with Crippen LogP contribution in [0.1, 0.15) is 28.8 Å². The molecule has 4 heteroatoms. The van der Waals surface area contributed by atoms with Gasteiger partial charge in [-0.3, -0.25) is 0 Å². The Morgan fingerprint density at radius 3 is 2.17 bits per heavy atom. The van der Waals surface area contributed by atoms with Gasteiger partial charge in [-0.15, -0.1) is 0 Å². The lowest BCUT2D eigenvalue weighted by Crippen LogP contribution is -2.01. The van der Waals surface area contributed by atoms with Gasteiger partial charge in [0.25, 0.3) is 0 Å². The average molecular weight is 761 g/mol. The van der Waals surface area contributed by atoms with Crippen molar-refractivity contribution in [3.63, 3.8) is 0 Å². The predicted octanol–water partition coefficient (Wildman–Crippen LogP) is 13.5. The van der Waals surface area contributed by atoms with Gasteiger partial charge in [0.15, 0.2) is 0 Å². The Hall–Kier alpha value is -7.69. The van der Waals surface area contributed by atoms with Gasteiger partial charge in [0, 0.05) is 46.1 Å². The van der Waals surface area contributed by atoms with Crippen LogP contribution in [0.5, 0.6) is 0 Å². The molecule has 1 aliphatic carbocycles. The summed E-state index contributed by atoms with van der Waals surface area (Å²) in [5.41, 5.74) is 21.2. The van der Waals surface area contributed by atoms with Crippen molar-refractivity contribution in [1.82, 2.24) is 9.13 Å². The van der Waals surface area contributed by atoms with E-state index in [1.54, 1.807) is 12.3 Å². The van der Waals surface area contributed by atoms with Crippen LogP contribution in [0.15, 0.2) is 219 Å². The van der Waals surface area contributed by atoms with E-state index in [1.165, 1.54) is 49.6 Å². The number of aromatic nitrogens is 2. The van der Waals surface area contributed by atoms with Gasteiger partial charge in [-0.25, -0.2) is 0 Å². The van der Waals surface area contributed by atoms with Crippen molar-refractivity contribution in [2.24, 2.45) is 5.73 Å². The maximum absolute atomic E-state index is 8.87. The molecular weight excluding hydrogens is 717 g/mol. The summed E-state index contributed by atoms with van der Waals surface area (Å²) in [7, 11) is 0. The Labute approximate surface area is 345 Å². The number of nitrogens with two attached hydrogens (primary N) is 1. The van der Waals surface area contributed by atoms with Crippen LogP contribution in [0.4, 0.5) is 0 Å². The van der Waals surface area contributed by atoms with Gasteiger partial charge in [0.2, 0.25) is 0 Å². The molecule has 6 aromatic carbocycles. The SMILES string of the molecule is C=C/C=C\C=C/CC(=N)/C=C(/c1ccccc1)c1cccc(-n2c3ccccc3c3cc(-c4ccc5c6c(n(-c7ccccc7)c5c4)C=C/C(=C/C=C\N)C6)ccc32)c1. The average Bonchev–Trinajstić information content (AvgIpc) is 3.80. The highest BCUT2D eigenvalue weighted by Gasteiger charge is 2.21. The molecule has 0 unspecified atom stereocenters. The minimum Gasteiger partial charge on any atom is -0.405 e. The number of hydrogen-bond donors (Lipinski definition) is 2. The molecule has 0 radical (unpaired) electrons. The van der Waals surface area contributed by atoms with Gasteiger partial charge >= 0.3 is 0 Å². The van der Waals surface area contributed by atoms with E-state index in [9.17, 15) is 0 Å². The molecular formula is C55H44N4. The van der Waals surface area contributed by atoms with E-state index in [-0.39, 0.29) is 0 Å². The third kappa shape index (κ3) is 7.24. The predicted molar refractivity (Wildman–Crippen MR) is 252 cm³/mol. The highest BCUT2D eigenvalue weighted by atomic mass is 15.0. The molecule has 3 N–H and O–H groups in total. The summed E-state index contributed by atoms with van der Waals surface area (Å²) in [6.07, 6.45) is 22.9. The molecule has 9 rings (SSSR count). The number of rotatable bonds is 11. The van der Waals surface area contributed by atoms with Crippen molar-refractivity contribution in [1.29, 1.82) is 5.41 Å². The molecule has 8 aromatic rings. The molecule has 0 amide bonds. The van der Waals surface area contributed by atoms with Gasteiger partial charge in [0.05, 0.1) is 22.2 Å². The first kappa shape index (κ1) is 36.9. The minimum atomic E-state index is 0.530.